The topological polar surface area (TPSA) is 9.23 Å². The van der Waals surface area contributed by atoms with Crippen LogP contribution in [0, 0.1) is 0 Å². The van der Waals surface area contributed by atoms with E-state index in [9.17, 15) is 17.6 Å². The lowest BCUT2D eigenvalue weighted by Crippen LogP contribution is -2.20. The largest absolute Gasteiger partial charge is 0.308 e. The summed E-state index contributed by atoms with van der Waals surface area (Å²) in [5.74, 6) is 0. The molecule has 4 unspecified atom stereocenters. The Balaban J connectivity index is 2.54. The van der Waals surface area contributed by atoms with Crippen molar-refractivity contribution in [3.05, 3.63) is 0 Å². The molecule has 1 nitrogen and oxygen atoms in total. The maximum absolute atomic E-state index is 11.8. The van der Waals surface area contributed by atoms with Crippen LogP contribution in [0.15, 0.2) is 0 Å². The molecule has 1 rings (SSSR count). The standard InChI is InChI=1S/C4H4F4O/c5-1-2(6)4(8)9-3(1)7/h1-4H. The predicted octanol–water partition coefficient (Wildman–Crippen LogP) is 1.28. The summed E-state index contributed by atoms with van der Waals surface area (Å²) in [5, 5.41) is 0. The SMILES string of the molecule is FC1OC(F)C(F)C1F. The number of hydrogen-bond donors (Lipinski definition) is 0. The first-order valence-corrected chi connectivity index (χ1v) is 2.34. The lowest BCUT2D eigenvalue weighted by Gasteiger charge is -1.98. The van der Waals surface area contributed by atoms with E-state index in [0.717, 1.165) is 0 Å². The maximum Gasteiger partial charge on any atom is 0.236 e. The number of rotatable bonds is 0. The summed E-state index contributed by atoms with van der Waals surface area (Å²) in [6, 6.07) is 0. The first-order chi connectivity index (χ1) is 4.13. The van der Waals surface area contributed by atoms with Gasteiger partial charge in [-0.15, -0.1) is 0 Å². The van der Waals surface area contributed by atoms with Gasteiger partial charge in [0.15, 0.2) is 12.3 Å². The molecular formula is C4H4F4O. The minimum absolute atomic E-state index is 2.45. The molecule has 1 aliphatic rings. The molecule has 0 amide bonds. The molecule has 54 valence electrons. The first kappa shape index (κ1) is 6.80. The third-order valence-corrected chi connectivity index (χ3v) is 1.06. The minimum atomic E-state index is -2.47. The maximum atomic E-state index is 11.8. The second kappa shape index (κ2) is 2.13. The molecule has 0 saturated carbocycles. The van der Waals surface area contributed by atoms with Crippen LogP contribution < -0.4 is 0 Å². The van der Waals surface area contributed by atoms with Gasteiger partial charge in [-0.3, -0.25) is 0 Å². The van der Waals surface area contributed by atoms with E-state index in [2.05, 4.69) is 4.74 Å². The predicted molar refractivity (Wildman–Crippen MR) is 20.7 cm³/mol. The number of halogens is 4. The molecule has 0 radical (unpaired) electrons. The Labute approximate surface area is 48.6 Å². The fourth-order valence-electron chi connectivity index (χ4n) is 0.563. The van der Waals surface area contributed by atoms with Gasteiger partial charge in [0.1, 0.15) is 0 Å². The molecule has 1 heterocycles. The van der Waals surface area contributed by atoms with Crippen molar-refractivity contribution in [2.45, 2.75) is 25.1 Å². The molecule has 0 spiro atoms. The lowest BCUT2D eigenvalue weighted by molar-refractivity contribution is -0.104. The average molecular weight is 144 g/mol. The Hall–Kier alpha value is -0.320. The Kier molecular flexibility index (Phi) is 1.61. The highest BCUT2D eigenvalue weighted by molar-refractivity contribution is 4.80. The molecule has 0 aromatic rings. The van der Waals surface area contributed by atoms with Gasteiger partial charge in [0, 0.05) is 0 Å². The zero-order valence-corrected chi connectivity index (χ0v) is 4.23. The Bertz CT molecular complexity index is 96.7. The van der Waals surface area contributed by atoms with Crippen molar-refractivity contribution in [1.82, 2.24) is 0 Å². The molecule has 0 N–H and O–H groups in total. The molecule has 1 saturated heterocycles. The van der Waals surface area contributed by atoms with Crippen LogP contribution in [-0.4, -0.2) is 25.1 Å². The van der Waals surface area contributed by atoms with Crippen molar-refractivity contribution in [3.8, 4) is 0 Å². The highest BCUT2D eigenvalue weighted by atomic mass is 19.2. The Morgan fingerprint density at radius 2 is 1.11 bits per heavy atom. The van der Waals surface area contributed by atoms with Crippen molar-refractivity contribution < 1.29 is 22.3 Å². The van der Waals surface area contributed by atoms with Gasteiger partial charge in [0.05, 0.1) is 0 Å². The van der Waals surface area contributed by atoms with Crippen molar-refractivity contribution in [2.24, 2.45) is 0 Å². The Morgan fingerprint density at radius 3 is 1.22 bits per heavy atom. The lowest BCUT2D eigenvalue weighted by atomic mass is 10.3. The molecule has 0 aliphatic carbocycles. The van der Waals surface area contributed by atoms with Crippen LogP contribution >= 0.6 is 0 Å². The van der Waals surface area contributed by atoms with Crippen LogP contribution in [0.25, 0.3) is 0 Å². The van der Waals surface area contributed by atoms with Gasteiger partial charge in [-0.05, 0) is 0 Å². The van der Waals surface area contributed by atoms with E-state index >= 15 is 0 Å². The summed E-state index contributed by atoms with van der Waals surface area (Å²) < 4.78 is 50.7. The van der Waals surface area contributed by atoms with Crippen LogP contribution in [0.5, 0.6) is 0 Å². The van der Waals surface area contributed by atoms with E-state index in [1.54, 1.807) is 0 Å². The molecule has 1 aliphatic heterocycles. The smallest absolute Gasteiger partial charge is 0.236 e. The molecule has 0 aromatic heterocycles. The van der Waals surface area contributed by atoms with Crippen molar-refractivity contribution in [2.75, 3.05) is 0 Å². The molecule has 0 bridgehead atoms. The van der Waals surface area contributed by atoms with Gasteiger partial charge in [-0.1, -0.05) is 0 Å². The molecule has 9 heavy (non-hydrogen) atoms. The number of hydrogen-bond acceptors (Lipinski definition) is 1. The summed E-state index contributed by atoms with van der Waals surface area (Å²) in [4.78, 5) is 0. The van der Waals surface area contributed by atoms with Gasteiger partial charge in [-0.2, -0.15) is 0 Å². The van der Waals surface area contributed by atoms with Crippen LogP contribution in [0.3, 0.4) is 0 Å². The van der Waals surface area contributed by atoms with Crippen LogP contribution in [0.1, 0.15) is 0 Å². The monoisotopic (exact) mass is 144 g/mol. The van der Waals surface area contributed by atoms with E-state index in [1.165, 1.54) is 0 Å². The van der Waals surface area contributed by atoms with Crippen LogP contribution in [0.4, 0.5) is 17.6 Å². The molecule has 0 aromatic carbocycles. The van der Waals surface area contributed by atoms with Crippen molar-refractivity contribution >= 4 is 0 Å². The zero-order chi connectivity index (χ0) is 7.02. The summed E-state index contributed by atoms with van der Waals surface area (Å²) in [7, 11) is 0. The third-order valence-electron chi connectivity index (χ3n) is 1.06. The quantitative estimate of drug-likeness (QED) is 0.465. The molecule has 4 atom stereocenters. The summed E-state index contributed by atoms with van der Waals surface area (Å²) >= 11 is 0. The first-order valence-electron chi connectivity index (χ1n) is 2.34. The van der Waals surface area contributed by atoms with Crippen molar-refractivity contribution in [3.63, 3.8) is 0 Å². The average Bonchev–Trinajstić information content (AvgIpc) is 1.98. The summed E-state index contributed by atoms with van der Waals surface area (Å²) in [6.07, 6.45) is -9.84. The van der Waals surface area contributed by atoms with Crippen LogP contribution in [0.2, 0.25) is 0 Å². The minimum Gasteiger partial charge on any atom is -0.308 e. The molecule has 5 heteroatoms. The van der Waals surface area contributed by atoms with Gasteiger partial charge < -0.3 is 4.74 Å². The highest BCUT2D eigenvalue weighted by Gasteiger charge is 2.46. The van der Waals surface area contributed by atoms with Gasteiger partial charge in [0.2, 0.25) is 12.7 Å². The second-order valence-corrected chi connectivity index (χ2v) is 1.73. The fraction of sp³-hybridized carbons (Fsp3) is 1.00. The number of alkyl halides is 4. The summed E-state index contributed by atoms with van der Waals surface area (Å²) in [5.41, 5.74) is 0. The zero-order valence-electron chi connectivity index (χ0n) is 4.23. The van der Waals surface area contributed by atoms with Gasteiger partial charge >= 0.3 is 0 Å². The van der Waals surface area contributed by atoms with Gasteiger partial charge in [-0.25, -0.2) is 17.6 Å². The fourth-order valence-corrected chi connectivity index (χ4v) is 0.563. The van der Waals surface area contributed by atoms with E-state index in [-0.39, 0.29) is 0 Å². The second-order valence-electron chi connectivity index (χ2n) is 1.73. The van der Waals surface area contributed by atoms with E-state index in [4.69, 9.17) is 0 Å². The van der Waals surface area contributed by atoms with Crippen LogP contribution in [-0.2, 0) is 4.74 Å². The summed E-state index contributed by atoms with van der Waals surface area (Å²) in [6.45, 7) is 0. The van der Waals surface area contributed by atoms with E-state index in [0.29, 0.717) is 0 Å². The highest BCUT2D eigenvalue weighted by Crippen LogP contribution is 2.27. The third kappa shape index (κ3) is 1.01. The molecule has 1 fully saturated rings. The Morgan fingerprint density at radius 1 is 0.778 bits per heavy atom. The van der Waals surface area contributed by atoms with E-state index < -0.39 is 25.1 Å². The normalized spacial score (nSPS) is 52.0. The van der Waals surface area contributed by atoms with Crippen molar-refractivity contribution in [1.29, 1.82) is 0 Å². The van der Waals surface area contributed by atoms with Gasteiger partial charge in [0.25, 0.3) is 0 Å². The molecular weight excluding hydrogens is 140 g/mol. The van der Waals surface area contributed by atoms with E-state index in [1.807, 2.05) is 0 Å². The number of ether oxygens (including phenoxy) is 1.